The van der Waals surface area contributed by atoms with Crippen molar-refractivity contribution in [2.75, 3.05) is 16.3 Å². The molecule has 5 rings (SSSR count). The third kappa shape index (κ3) is 4.37. The van der Waals surface area contributed by atoms with Crippen LogP contribution in [0.3, 0.4) is 0 Å². The molecule has 0 N–H and O–H groups in total. The number of aryl methyl sites for hydroxylation is 2. The average Bonchev–Trinajstić information content (AvgIpc) is 3.50. The zero-order valence-electron chi connectivity index (χ0n) is 19.5. The van der Waals surface area contributed by atoms with Crippen molar-refractivity contribution < 1.29 is 23.2 Å². The van der Waals surface area contributed by atoms with Gasteiger partial charge < -0.3 is 0 Å². The molecule has 2 aromatic heterocycles. The van der Waals surface area contributed by atoms with Crippen LogP contribution >= 0.6 is 11.3 Å². The second kappa shape index (κ2) is 9.23. The molecule has 1 saturated heterocycles. The Balaban J connectivity index is 1.48. The van der Waals surface area contributed by atoms with Crippen LogP contribution < -0.4 is 9.80 Å². The molecule has 0 radical (unpaired) electrons. The number of fused-ring (bicyclic) bond motifs is 1. The highest BCUT2D eigenvalue weighted by Gasteiger charge is 2.30. The Kier molecular flexibility index (Phi) is 6.09. The molecule has 0 bridgehead atoms. The van der Waals surface area contributed by atoms with E-state index in [4.69, 9.17) is 0 Å². The van der Waals surface area contributed by atoms with Gasteiger partial charge in [0.05, 0.1) is 22.6 Å². The minimum atomic E-state index is -0.803. The SMILES string of the molecule is Cc1cc(C)n(CCN(C(=O)c2ccc(N3C(=O)CCC3=O)cc2)c2nc3c(F)cc(F)cc3s2)n1. The van der Waals surface area contributed by atoms with Crippen LogP contribution in [0, 0.1) is 25.5 Å². The third-order valence-electron chi connectivity index (χ3n) is 5.94. The van der Waals surface area contributed by atoms with E-state index in [2.05, 4.69) is 10.1 Å². The highest BCUT2D eigenvalue weighted by Crippen LogP contribution is 2.32. The van der Waals surface area contributed by atoms with Gasteiger partial charge in [0.2, 0.25) is 11.8 Å². The van der Waals surface area contributed by atoms with E-state index in [0.717, 1.165) is 33.7 Å². The molecule has 36 heavy (non-hydrogen) atoms. The van der Waals surface area contributed by atoms with E-state index in [1.54, 1.807) is 16.8 Å². The first-order valence-corrected chi connectivity index (χ1v) is 12.1. The van der Waals surface area contributed by atoms with Crippen LogP contribution in [0.25, 0.3) is 10.2 Å². The average molecular weight is 510 g/mol. The Hall–Kier alpha value is -3.99. The summed E-state index contributed by atoms with van der Waals surface area (Å²) in [6.07, 6.45) is 0.322. The van der Waals surface area contributed by atoms with Gasteiger partial charge in [-0.15, -0.1) is 0 Å². The molecule has 0 spiro atoms. The van der Waals surface area contributed by atoms with Gasteiger partial charge >= 0.3 is 0 Å². The topological polar surface area (TPSA) is 88.4 Å². The van der Waals surface area contributed by atoms with Crippen molar-refractivity contribution in [2.24, 2.45) is 0 Å². The molecule has 184 valence electrons. The van der Waals surface area contributed by atoms with Crippen LogP contribution in [0.2, 0.25) is 0 Å². The molecule has 1 fully saturated rings. The molecule has 8 nitrogen and oxygen atoms in total. The number of imide groups is 1. The van der Waals surface area contributed by atoms with Gasteiger partial charge in [0.1, 0.15) is 11.3 Å². The number of anilines is 2. The Morgan fingerprint density at radius 1 is 1.06 bits per heavy atom. The van der Waals surface area contributed by atoms with Crippen LogP contribution in [-0.2, 0) is 16.1 Å². The molecule has 1 aliphatic heterocycles. The molecule has 1 aliphatic rings. The summed E-state index contributed by atoms with van der Waals surface area (Å²) in [6.45, 7) is 4.30. The predicted molar refractivity (Wildman–Crippen MR) is 131 cm³/mol. The maximum absolute atomic E-state index is 14.3. The molecule has 11 heteroatoms. The van der Waals surface area contributed by atoms with E-state index in [1.165, 1.54) is 23.1 Å². The minimum Gasteiger partial charge on any atom is -0.282 e. The molecule has 0 atom stereocenters. The first kappa shape index (κ1) is 23.7. The highest BCUT2D eigenvalue weighted by molar-refractivity contribution is 7.22. The molecule has 4 aromatic rings. The summed E-state index contributed by atoms with van der Waals surface area (Å²) in [7, 11) is 0. The minimum absolute atomic E-state index is 0.0123. The van der Waals surface area contributed by atoms with E-state index < -0.39 is 17.5 Å². The Labute approximate surface area is 208 Å². The zero-order valence-corrected chi connectivity index (χ0v) is 20.3. The maximum atomic E-state index is 14.3. The lowest BCUT2D eigenvalue weighted by molar-refractivity contribution is -0.121. The number of rotatable bonds is 6. The lowest BCUT2D eigenvalue weighted by Crippen LogP contribution is -2.34. The predicted octanol–water partition coefficient (Wildman–Crippen LogP) is 4.39. The zero-order chi connectivity index (χ0) is 25.6. The molecule has 0 saturated carbocycles. The van der Waals surface area contributed by atoms with Crippen molar-refractivity contribution in [1.29, 1.82) is 0 Å². The number of benzene rings is 2. The molecular weight excluding hydrogens is 488 g/mol. The van der Waals surface area contributed by atoms with E-state index >= 15 is 0 Å². The van der Waals surface area contributed by atoms with Crippen LogP contribution in [0.15, 0.2) is 42.5 Å². The number of amides is 3. The van der Waals surface area contributed by atoms with Gasteiger partial charge in [-0.1, -0.05) is 11.3 Å². The van der Waals surface area contributed by atoms with Gasteiger partial charge in [-0.3, -0.25) is 28.9 Å². The largest absolute Gasteiger partial charge is 0.282 e. The summed E-state index contributed by atoms with van der Waals surface area (Å²) in [4.78, 5) is 44.5. The Morgan fingerprint density at radius 3 is 2.39 bits per heavy atom. The second-order valence-electron chi connectivity index (χ2n) is 8.51. The number of halogens is 2. The monoisotopic (exact) mass is 509 g/mol. The Morgan fingerprint density at radius 2 is 1.75 bits per heavy atom. The van der Waals surface area contributed by atoms with E-state index in [1.807, 2.05) is 19.9 Å². The number of aromatic nitrogens is 3. The molecule has 2 aromatic carbocycles. The molecule has 3 amide bonds. The van der Waals surface area contributed by atoms with Gasteiger partial charge in [-0.05, 0) is 50.2 Å². The number of hydrogen-bond acceptors (Lipinski definition) is 6. The normalized spacial score (nSPS) is 13.7. The fourth-order valence-electron chi connectivity index (χ4n) is 4.21. The molecule has 0 aliphatic carbocycles. The van der Waals surface area contributed by atoms with Gasteiger partial charge in [0.25, 0.3) is 5.91 Å². The van der Waals surface area contributed by atoms with Crippen LogP contribution in [0.1, 0.15) is 34.6 Å². The molecule has 3 heterocycles. The fourth-order valence-corrected chi connectivity index (χ4v) is 5.24. The van der Waals surface area contributed by atoms with Crippen LogP contribution in [0.5, 0.6) is 0 Å². The number of thiazole rings is 1. The number of carbonyl (C=O) groups is 3. The van der Waals surface area contributed by atoms with Crippen molar-refractivity contribution in [2.45, 2.75) is 33.2 Å². The quantitative estimate of drug-likeness (QED) is 0.360. The van der Waals surface area contributed by atoms with Gasteiger partial charge in [-0.25, -0.2) is 13.8 Å². The summed E-state index contributed by atoms with van der Waals surface area (Å²) in [6, 6.07) is 10.0. The summed E-state index contributed by atoms with van der Waals surface area (Å²) in [5, 5.41) is 4.65. The third-order valence-corrected chi connectivity index (χ3v) is 6.97. The summed E-state index contributed by atoms with van der Waals surface area (Å²) < 4.78 is 30.1. The van der Waals surface area contributed by atoms with Gasteiger partial charge in [0, 0.05) is 36.7 Å². The Bertz CT molecular complexity index is 1500. The van der Waals surface area contributed by atoms with Gasteiger partial charge in [0.15, 0.2) is 10.9 Å². The van der Waals surface area contributed by atoms with E-state index in [0.29, 0.717) is 12.2 Å². The van der Waals surface area contributed by atoms with Crippen LogP contribution in [0.4, 0.5) is 19.6 Å². The van der Waals surface area contributed by atoms with Crippen molar-refractivity contribution in [3.63, 3.8) is 0 Å². The highest BCUT2D eigenvalue weighted by atomic mass is 32.1. The molecular formula is C25H21F2N5O3S. The fraction of sp³-hybridized carbons (Fsp3) is 0.240. The number of nitrogens with zero attached hydrogens (tertiary/aromatic N) is 5. The van der Waals surface area contributed by atoms with Crippen molar-refractivity contribution >= 4 is 50.1 Å². The lowest BCUT2D eigenvalue weighted by atomic mass is 10.1. The summed E-state index contributed by atoms with van der Waals surface area (Å²) in [5.74, 6) is -2.51. The van der Waals surface area contributed by atoms with Gasteiger partial charge in [-0.2, -0.15) is 5.10 Å². The van der Waals surface area contributed by atoms with Crippen molar-refractivity contribution in [3.8, 4) is 0 Å². The second-order valence-corrected chi connectivity index (χ2v) is 9.52. The number of carbonyl (C=O) groups excluding carboxylic acids is 3. The first-order chi connectivity index (χ1) is 17.2. The molecule has 0 unspecified atom stereocenters. The van der Waals surface area contributed by atoms with Crippen molar-refractivity contribution in [3.05, 3.63) is 71.1 Å². The summed E-state index contributed by atoms with van der Waals surface area (Å²) >= 11 is 1.01. The van der Waals surface area contributed by atoms with E-state index in [-0.39, 0.29) is 52.1 Å². The smallest absolute Gasteiger partial charge is 0.260 e. The van der Waals surface area contributed by atoms with E-state index in [9.17, 15) is 23.2 Å². The number of hydrogen-bond donors (Lipinski definition) is 0. The van der Waals surface area contributed by atoms with Crippen molar-refractivity contribution in [1.82, 2.24) is 14.8 Å². The van der Waals surface area contributed by atoms with Crippen LogP contribution in [-0.4, -0.2) is 39.0 Å². The first-order valence-electron chi connectivity index (χ1n) is 11.3. The standard InChI is InChI=1S/C25H21F2N5O3S/c1-14-11-15(2)31(29-14)10-9-30(25-28-23-19(27)12-17(26)13-20(23)36-25)24(35)16-3-5-18(6-4-16)32-21(33)7-8-22(32)34/h3-6,11-13H,7-10H2,1-2H3. The maximum Gasteiger partial charge on any atom is 0.260 e. The lowest BCUT2D eigenvalue weighted by Gasteiger charge is -2.21. The summed E-state index contributed by atoms with van der Waals surface area (Å²) in [5.41, 5.74) is 2.43.